The van der Waals surface area contributed by atoms with Crippen molar-refractivity contribution in [2.75, 3.05) is 7.11 Å². The van der Waals surface area contributed by atoms with E-state index in [4.69, 9.17) is 9.47 Å². The van der Waals surface area contributed by atoms with Crippen LogP contribution in [0.25, 0.3) is 0 Å². The Kier molecular flexibility index (Phi) is 3.45. The number of benzene rings is 1. The zero-order valence-corrected chi connectivity index (χ0v) is 12.2. The molecule has 0 spiro atoms. The van der Waals surface area contributed by atoms with E-state index in [1.807, 2.05) is 13.0 Å². The number of methoxy groups -OCH3 is 1. The Bertz CT molecular complexity index is 655. The van der Waals surface area contributed by atoms with Crippen LogP contribution in [-0.4, -0.2) is 18.2 Å². The summed E-state index contributed by atoms with van der Waals surface area (Å²) in [7, 11) is 1.58. The lowest BCUT2D eigenvalue weighted by atomic mass is 9.92. The van der Waals surface area contributed by atoms with Gasteiger partial charge in [-0.2, -0.15) is 0 Å². The number of hydrogen-bond donors (Lipinski definition) is 1. The largest absolute Gasteiger partial charge is 0.508 e. The SMILES string of the molecule is COc1ccc(O)c2c1C1C=C(CCC=C(C)C2)C(=O)O1. The van der Waals surface area contributed by atoms with Crippen molar-refractivity contribution in [2.24, 2.45) is 0 Å². The molecule has 1 aromatic rings. The highest BCUT2D eigenvalue weighted by Crippen LogP contribution is 2.41. The van der Waals surface area contributed by atoms with Gasteiger partial charge in [-0.05, 0) is 44.4 Å². The van der Waals surface area contributed by atoms with E-state index in [1.54, 1.807) is 19.2 Å². The summed E-state index contributed by atoms with van der Waals surface area (Å²) < 4.78 is 10.9. The van der Waals surface area contributed by atoms with Crippen molar-refractivity contribution in [2.45, 2.75) is 32.3 Å². The van der Waals surface area contributed by atoms with Crippen LogP contribution in [0.3, 0.4) is 0 Å². The predicted octanol–water partition coefficient (Wildman–Crippen LogP) is 3.21. The molecule has 3 rings (SSSR count). The topological polar surface area (TPSA) is 55.8 Å². The van der Waals surface area contributed by atoms with Gasteiger partial charge in [0, 0.05) is 16.7 Å². The number of aromatic hydroxyl groups is 1. The number of ether oxygens (including phenoxy) is 2. The second-order valence-corrected chi connectivity index (χ2v) is 5.46. The molecular formula is C17H18O4. The molecule has 0 amide bonds. The van der Waals surface area contributed by atoms with Crippen molar-refractivity contribution in [1.82, 2.24) is 0 Å². The number of hydrogen-bond acceptors (Lipinski definition) is 4. The molecule has 1 aliphatic carbocycles. The average Bonchev–Trinajstić information content (AvgIpc) is 2.81. The third-order valence-electron chi connectivity index (χ3n) is 4.01. The first kappa shape index (κ1) is 13.7. The standard InChI is InChI=1S/C17H18O4/c1-10-4-3-5-11-9-15(21-17(11)19)16-12(8-10)13(18)6-7-14(16)20-2/h4,6-7,9,15,18H,3,5,8H2,1-2H3. The first-order chi connectivity index (χ1) is 10.1. The summed E-state index contributed by atoms with van der Waals surface area (Å²) in [6.45, 7) is 2.03. The fourth-order valence-electron chi connectivity index (χ4n) is 2.94. The maximum Gasteiger partial charge on any atom is 0.334 e. The van der Waals surface area contributed by atoms with Crippen LogP contribution < -0.4 is 4.74 Å². The van der Waals surface area contributed by atoms with E-state index >= 15 is 0 Å². The van der Waals surface area contributed by atoms with Gasteiger partial charge >= 0.3 is 5.97 Å². The second kappa shape index (κ2) is 5.28. The minimum atomic E-state index is -0.476. The Labute approximate surface area is 123 Å². The van der Waals surface area contributed by atoms with Crippen molar-refractivity contribution in [1.29, 1.82) is 0 Å². The van der Waals surface area contributed by atoms with Crippen molar-refractivity contribution < 1.29 is 19.4 Å². The lowest BCUT2D eigenvalue weighted by molar-refractivity contribution is -0.140. The summed E-state index contributed by atoms with van der Waals surface area (Å²) in [6.07, 6.45) is 5.58. The number of phenols is 1. The van der Waals surface area contributed by atoms with E-state index < -0.39 is 6.10 Å². The summed E-state index contributed by atoms with van der Waals surface area (Å²) in [5, 5.41) is 10.2. The summed E-state index contributed by atoms with van der Waals surface area (Å²) in [6, 6.07) is 3.33. The van der Waals surface area contributed by atoms with E-state index in [9.17, 15) is 9.90 Å². The maximum atomic E-state index is 11.9. The summed E-state index contributed by atoms with van der Waals surface area (Å²) in [5.74, 6) is 0.563. The quantitative estimate of drug-likeness (QED) is 0.636. The highest BCUT2D eigenvalue weighted by Gasteiger charge is 2.31. The lowest BCUT2D eigenvalue weighted by Gasteiger charge is -2.19. The molecule has 4 heteroatoms. The zero-order valence-electron chi connectivity index (χ0n) is 12.2. The van der Waals surface area contributed by atoms with Gasteiger partial charge in [-0.15, -0.1) is 0 Å². The lowest BCUT2D eigenvalue weighted by Crippen LogP contribution is -2.07. The number of phenolic OH excluding ortho intramolecular Hbond substituents is 1. The molecule has 1 heterocycles. The Hall–Kier alpha value is -2.23. The molecule has 110 valence electrons. The highest BCUT2D eigenvalue weighted by atomic mass is 16.5. The van der Waals surface area contributed by atoms with Gasteiger partial charge in [0.25, 0.3) is 0 Å². The predicted molar refractivity (Wildman–Crippen MR) is 78.3 cm³/mol. The fraction of sp³-hybridized carbons (Fsp3) is 0.353. The van der Waals surface area contributed by atoms with Crippen LogP contribution in [0.15, 0.2) is 35.4 Å². The molecule has 1 aromatic carbocycles. The van der Waals surface area contributed by atoms with Crippen LogP contribution in [0.1, 0.15) is 37.0 Å². The van der Waals surface area contributed by atoms with Crippen LogP contribution in [0.4, 0.5) is 0 Å². The van der Waals surface area contributed by atoms with Crippen LogP contribution in [0.5, 0.6) is 11.5 Å². The van der Waals surface area contributed by atoms with Crippen LogP contribution in [0, 0.1) is 0 Å². The van der Waals surface area contributed by atoms with Crippen LogP contribution in [-0.2, 0) is 16.0 Å². The van der Waals surface area contributed by atoms with Gasteiger partial charge in [0.05, 0.1) is 7.11 Å². The minimum absolute atomic E-state index is 0.206. The van der Waals surface area contributed by atoms with Gasteiger partial charge in [0.15, 0.2) is 6.10 Å². The van der Waals surface area contributed by atoms with Crippen molar-refractivity contribution in [3.63, 3.8) is 0 Å². The Balaban J connectivity index is 2.20. The summed E-state index contributed by atoms with van der Waals surface area (Å²) in [4.78, 5) is 11.9. The molecule has 1 aliphatic heterocycles. The third kappa shape index (κ3) is 2.42. The zero-order chi connectivity index (χ0) is 15.0. The highest BCUT2D eigenvalue weighted by molar-refractivity contribution is 5.91. The van der Waals surface area contributed by atoms with E-state index in [0.717, 1.165) is 23.1 Å². The number of carbonyl (C=O) groups excluding carboxylic acids is 1. The smallest absolute Gasteiger partial charge is 0.334 e. The maximum absolute atomic E-state index is 11.9. The first-order valence-electron chi connectivity index (χ1n) is 7.06. The minimum Gasteiger partial charge on any atom is -0.508 e. The number of rotatable bonds is 1. The molecule has 1 N–H and O–H groups in total. The monoisotopic (exact) mass is 286 g/mol. The van der Waals surface area contributed by atoms with E-state index in [-0.39, 0.29) is 11.7 Å². The molecule has 0 fully saturated rings. The average molecular weight is 286 g/mol. The molecule has 0 saturated carbocycles. The number of esters is 1. The fourth-order valence-corrected chi connectivity index (χ4v) is 2.94. The summed E-state index contributed by atoms with van der Waals surface area (Å²) >= 11 is 0. The van der Waals surface area contributed by atoms with Gasteiger partial charge < -0.3 is 14.6 Å². The Morgan fingerprint density at radius 1 is 1.38 bits per heavy atom. The van der Waals surface area contributed by atoms with Gasteiger partial charge in [-0.1, -0.05) is 11.6 Å². The van der Waals surface area contributed by atoms with E-state index in [2.05, 4.69) is 6.08 Å². The van der Waals surface area contributed by atoms with Gasteiger partial charge in [-0.3, -0.25) is 0 Å². The summed E-state index contributed by atoms with van der Waals surface area (Å²) in [5.41, 5.74) is 3.37. The van der Waals surface area contributed by atoms with Gasteiger partial charge in [0.1, 0.15) is 11.5 Å². The number of allylic oxidation sites excluding steroid dienone is 2. The molecule has 2 bridgehead atoms. The molecule has 21 heavy (non-hydrogen) atoms. The number of carbonyl (C=O) groups is 1. The molecular weight excluding hydrogens is 268 g/mol. The van der Waals surface area contributed by atoms with Crippen molar-refractivity contribution in [3.8, 4) is 11.5 Å². The van der Waals surface area contributed by atoms with Gasteiger partial charge in [0.2, 0.25) is 0 Å². The van der Waals surface area contributed by atoms with Crippen molar-refractivity contribution in [3.05, 3.63) is 46.6 Å². The molecule has 4 nitrogen and oxygen atoms in total. The second-order valence-electron chi connectivity index (χ2n) is 5.46. The van der Waals surface area contributed by atoms with Crippen LogP contribution >= 0.6 is 0 Å². The first-order valence-corrected chi connectivity index (χ1v) is 7.06. The van der Waals surface area contributed by atoms with E-state index in [1.165, 1.54) is 0 Å². The molecule has 0 saturated heterocycles. The molecule has 1 atom stereocenters. The van der Waals surface area contributed by atoms with Crippen LogP contribution in [0.2, 0.25) is 0 Å². The molecule has 1 unspecified atom stereocenters. The third-order valence-corrected chi connectivity index (χ3v) is 4.01. The molecule has 0 radical (unpaired) electrons. The normalized spacial score (nSPS) is 21.0. The molecule has 2 aliphatic rings. The van der Waals surface area contributed by atoms with Crippen molar-refractivity contribution >= 4 is 5.97 Å². The van der Waals surface area contributed by atoms with E-state index in [0.29, 0.717) is 24.2 Å². The number of fused-ring (bicyclic) bond motifs is 3. The Morgan fingerprint density at radius 3 is 2.95 bits per heavy atom. The van der Waals surface area contributed by atoms with Gasteiger partial charge in [-0.25, -0.2) is 4.79 Å². The molecule has 0 aromatic heterocycles. The Morgan fingerprint density at radius 2 is 2.19 bits per heavy atom.